The fourth-order valence-electron chi connectivity index (χ4n) is 0.985. The summed E-state index contributed by atoms with van der Waals surface area (Å²) in [5.41, 5.74) is 11.7. The molecule has 0 bridgehead atoms. The highest BCUT2D eigenvalue weighted by molar-refractivity contribution is 5.54. The summed E-state index contributed by atoms with van der Waals surface area (Å²) in [5.74, 6) is -0.298. The zero-order valence-electron chi connectivity index (χ0n) is 7.33. The second kappa shape index (κ2) is 4.62. The number of hydrogen-bond donors (Lipinski definition) is 2. The van der Waals surface area contributed by atoms with E-state index in [1.807, 2.05) is 6.08 Å². The van der Waals surface area contributed by atoms with Crippen LogP contribution in [0.3, 0.4) is 0 Å². The summed E-state index contributed by atoms with van der Waals surface area (Å²) in [6.07, 6.45) is 4.31. The van der Waals surface area contributed by atoms with Gasteiger partial charge in [0.25, 0.3) is 0 Å². The Morgan fingerprint density at radius 1 is 1.38 bits per heavy atom. The Bertz CT molecular complexity index is 308. The van der Waals surface area contributed by atoms with Gasteiger partial charge in [-0.3, -0.25) is 0 Å². The summed E-state index contributed by atoms with van der Waals surface area (Å²) in [5, 5.41) is 0. The van der Waals surface area contributed by atoms with Crippen LogP contribution in [0, 0.1) is 5.82 Å². The molecule has 0 saturated heterocycles. The topological polar surface area (TPSA) is 52.0 Å². The quantitative estimate of drug-likeness (QED) is 0.696. The monoisotopic (exact) mass is 180 g/mol. The lowest BCUT2D eigenvalue weighted by molar-refractivity contribution is 0.625. The lowest BCUT2D eigenvalue weighted by Gasteiger charge is -1.97. The van der Waals surface area contributed by atoms with Crippen LogP contribution in [0.1, 0.15) is 12.0 Å². The van der Waals surface area contributed by atoms with E-state index < -0.39 is 0 Å². The molecule has 0 atom stereocenters. The molecule has 0 saturated carbocycles. The van der Waals surface area contributed by atoms with Crippen LogP contribution >= 0.6 is 0 Å². The molecule has 0 fully saturated rings. The molecular formula is C10H13FN2. The average Bonchev–Trinajstić information content (AvgIpc) is 2.09. The van der Waals surface area contributed by atoms with Crippen LogP contribution in [-0.4, -0.2) is 6.54 Å². The number of halogens is 1. The molecule has 0 aliphatic heterocycles. The van der Waals surface area contributed by atoms with E-state index in [9.17, 15) is 4.39 Å². The molecule has 0 aliphatic carbocycles. The van der Waals surface area contributed by atoms with Gasteiger partial charge in [0.2, 0.25) is 0 Å². The van der Waals surface area contributed by atoms with Gasteiger partial charge in [-0.05, 0) is 25.1 Å². The highest BCUT2D eigenvalue weighted by atomic mass is 19.1. The Kier molecular flexibility index (Phi) is 3.46. The Morgan fingerprint density at radius 3 is 2.77 bits per heavy atom. The first-order valence-corrected chi connectivity index (χ1v) is 4.15. The van der Waals surface area contributed by atoms with Gasteiger partial charge in [-0.2, -0.15) is 0 Å². The molecule has 1 aromatic rings. The van der Waals surface area contributed by atoms with Crippen LogP contribution in [0.25, 0.3) is 6.08 Å². The smallest absolute Gasteiger partial charge is 0.132 e. The molecule has 0 radical (unpaired) electrons. The third-order valence-electron chi connectivity index (χ3n) is 1.66. The van der Waals surface area contributed by atoms with E-state index in [4.69, 9.17) is 11.5 Å². The van der Waals surface area contributed by atoms with Gasteiger partial charge in [0.05, 0.1) is 0 Å². The first-order valence-electron chi connectivity index (χ1n) is 4.15. The third kappa shape index (κ3) is 2.87. The lowest BCUT2D eigenvalue weighted by atomic mass is 10.1. The van der Waals surface area contributed by atoms with Crippen molar-refractivity contribution < 1.29 is 4.39 Å². The number of nitrogen functional groups attached to an aromatic ring is 1. The van der Waals surface area contributed by atoms with Crippen molar-refractivity contribution in [1.29, 1.82) is 0 Å². The summed E-state index contributed by atoms with van der Waals surface area (Å²) in [6.45, 7) is 0.576. The normalized spacial score (nSPS) is 10.9. The van der Waals surface area contributed by atoms with E-state index in [2.05, 4.69) is 0 Å². The first kappa shape index (κ1) is 9.74. The molecular weight excluding hydrogens is 167 g/mol. The van der Waals surface area contributed by atoms with E-state index in [0.29, 0.717) is 17.8 Å². The Balaban J connectivity index is 2.77. The predicted octanol–water partition coefficient (Wildman–Crippen LogP) is 1.77. The third-order valence-corrected chi connectivity index (χ3v) is 1.66. The van der Waals surface area contributed by atoms with Crippen molar-refractivity contribution in [2.45, 2.75) is 6.42 Å². The van der Waals surface area contributed by atoms with Crippen molar-refractivity contribution in [2.24, 2.45) is 5.73 Å². The van der Waals surface area contributed by atoms with Crippen molar-refractivity contribution in [3.63, 3.8) is 0 Å². The van der Waals surface area contributed by atoms with Gasteiger partial charge < -0.3 is 11.5 Å². The molecule has 70 valence electrons. The van der Waals surface area contributed by atoms with Crippen molar-refractivity contribution in [1.82, 2.24) is 0 Å². The maximum Gasteiger partial charge on any atom is 0.132 e. The van der Waals surface area contributed by atoms with Crippen LogP contribution in [0.2, 0.25) is 0 Å². The SMILES string of the molecule is NCC/C=C/c1ccc(N)cc1F. The van der Waals surface area contributed by atoms with Crippen LogP contribution in [0.4, 0.5) is 10.1 Å². The molecule has 0 unspecified atom stereocenters. The van der Waals surface area contributed by atoms with E-state index in [0.717, 1.165) is 6.42 Å². The average molecular weight is 180 g/mol. The van der Waals surface area contributed by atoms with Gasteiger partial charge in [0.1, 0.15) is 5.82 Å². The van der Waals surface area contributed by atoms with Crippen LogP contribution in [0.15, 0.2) is 24.3 Å². The first-order chi connectivity index (χ1) is 6.24. The van der Waals surface area contributed by atoms with Crippen LogP contribution < -0.4 is 11.5 Å². The highest BCUT2D eigenvalue weighted by Gasteiger charge is 1.97. The van der Waals surface area contributed by atoms with E-state index in [1.165, 1.54) is 6.07 Å². The van der Waals surface area contributed by atoms with Crippen molar-refractivity contribution >= 4 is 11.8 Å². The van der Waals surface area contributed by atoms with E-state index in [-0.39, 0.29) is 5.82 Å². The fourth-order valence-corrected chi connectivity index (χ4v) is 0.985. The maximum absolute atomic E-state index is 13.1. The predicted molar refractivity (Wildman–Crippen MR) is 53.5 cm³/mol. The second-order valence-corrected chi connectivity index (χ2v) is 2.76. The molecule has 4 N–H and O–H groups in total. The minimum atomic E-state index is -0.298. The molecule has 13 heavy (non-hydrogen) atoms. The summed E-state index contributed by atoms with van der Waals surface area (Å²) >= 11 is 0. The molecule has 1 rings (SSSR count). The van der Waals surface area contributed by atoms with Gasteiger partial charge in [-0.1, -0.05) is 18.2 Å². The standard InChI is InChI=1S/C10H13FN2/c11-10-7-9(13)5-4-8(10)3-1-2-6-12/h1,3-5,7H,2,6,12-13H2/b3-1+. The largest absolute Gasteiger partial charge is 0.399 e. The maximum atomic E-state index is 13.1. The van der Waals surface area contributed by atoms with Gasteiger partial charge in [-0.15, -0.1) is 0 Å². The molecule has 3 heteroatoms. The molecule has 0 amide bonds. The van der Waals surface area contributed by atoms with Gasteiger partial charge in [-0.25, -0.2) is 4.39 Å². The van der Waals surface area contributed by atoms with E-state index in [1.54, 1.807) is 18.2 Å². The zero-order valence-corrected chi connectivity index (χ0v) is 7.33. The van der Waals surface area contributed by atoms with Crippen molar-refractivity contribution in [2.75, 3.05) is 12.3 Å². The molecule has 0 aliphatic rings. The zero-order chi connectivity index (χ0) is 9.68. The summed E-state index contributed by atoms with van der Waals surface area (Å²) in [6, 6.07) is 4.63. The number of benzene rings is 1. The van der Waals surface area contributed by atoms with Gasteiger partial charge in [0, 0.05) is 11.3 Å². The Hall–Kier alpha value is -1.35. The summed E-state index contributed by atoms with van der Waals surface area (Å²) < 4.78 is 13.1. The lowest BCUT2D eigenvalue weighted by Crippen LogP contribution is -1.95. The summed E-state index contributed by atoms with van der Waals surface area (Å²) in [7, 11) is 0. The number of hydrogen-bond acceptors (Lipinski definition) is 2. The number of rotatable bonds is 3. The molecule has 0 heterocycles. The van der Waals surface area contributed by atoms with Gasteiger partial charge in [0.15, 0.2) is 0 Å². The number of nitrogens with two attached hydrogens (primary N) is 2. The van der Waals surface area contributed by atoms with Crippen LogP contribution in [0.5, 0.6) is 0 Å². The molecule has 0 aromatic heterocycles. The minimum absolute atomic E-state index is 0.298. The fraction of sp³-hybridized carbons (Fsp3) is 0.200. The minimum Gasteiger partial charge on any atom is -0.399 e. The van der Waals surface area contributed by atoms with Crippen molar-refractivity contribution in [3.8, 4) is 0 Å². The molecule has 0 spiro atoms. The van der Waals surface area contributed by atoms with E-state index >= 15 is 0 Å². The van der Waals surface area contributed by atoms with Crippen molar-refractivity contribution in [3.05, 3.63) is 35.7 Å². The Morgan fingerprint density at radius 2 is 2.15 bits per heavy atom. The Labute approximate surface area is 77.0 Å². The molecule has 1 aromatic carbocycles. The molecule has 2 nitrogen and oxygen atoms in total. The number of anilines is 1. The van der Waals surface area contributed by atoms with Gasteiger partial charge >= 0.3 is 0 Å². The second-order valence-electron chi connectivity index (χ2n) is 2.76. The summed E-state index contributed by atoms with van der Waals surface area (Å²) in [4.78, 5) is 0. The highest BCUT2D eigenvalue weighted by Crippen LogP contribution is 2.13. The van der Waals surface area contributed by atoms with Crippen LogP contribution in [-0.2, 0) is 0 Å².